The Labute approximate surface area is 191 Å². The second-order valence-electron chi connectivity index (χ2n) is 7.91. The Morgan fingerprint density at radius 3 is 2.63 bits per heavy atom. The van der Waals surface area contributed by atoms with Crippen LogP contribution in [0.1, 0.15) is 19.4 Å². The first-order valence-corrected chi connectivity index (χ1v) is 12.2. The van der Waals surface area contributed by atoms with Gasteiger partial charge in [0.05, 0.1) is 11.9 Å². The Morgan fingerprint density at radius 2 is 1.97 bits per heavy atom. The number of hydrogen-bond donors (Lipinski definition) is 2. The van der Waals surface area contributed by atoms with Crippen LogP contribution in [0.5, 0.6) is 0 Å². The van der Waals surface area contributed by atoms with Crippen molar-refractivity contribution in [2.45, 2.75) is 20.4 Å². The Hall–Kier alpha value is -1.60. The first-order valence-electron chi connectivity index (χ1n) is 10.2. The number of benzene rings is 1. The molecular formula is C22H27Cl2N5S. The molecule has 3 aromatic rings. The minimum atomic E-state index is 0.383. The highest BCUT2D eigenvalue weighted by molar-refractivity contribution is 7.99. The predicted octanol–water partition coefficient (Wildman–Crippen LogP) is 5.39. The molecule has 30 heavy (non-hydrogen) atoms. The van der Waals surface area contributed by atoms with Crippen LogP contribution < -0.4 is 16.0 Å². The molecule has 2 aromatic heterocycles. The van der Waals surface area contributed by atoms with E-state index in [2.05, 4.69) is 34.7 Å². The summed E-state index contributed by atoms with van der Waals surface area (Å²) < 4.78 is 2.18. The standard InChI is InChI=1S/C22H27Cl2N5S/c1-14(2)11-26-21-17(10-25)18(16-4-3-15(23)9-19(16)24)13-29-20(12-27-22(21)29)28-5-7-30-8-6-28/h3-4,9,12-14,26H,5-8,10-11,25H2,1-2H3. The third kappa shape index (κ3) is 4.24. The highest BCUT2D eigenvalue weighted by atomic mass is 35.5. The zero-order valence-electron chi connectivity index (χ0n) is 17.3. The third-order valence-electron chi connectivity index (χ3n) is 5.33. The topological polar surface area (TPSA) is 58.6 Å². The van der Waals surface area contributed by atoms with E-state index < -0.39 is 0 Å². The predicted molar refractivity (Wildman–Crippen MR) is 131 cm³/mol. The van der Waals surface area contributed by atoms with Crippen LogP contribution >= 0.6 is 35.0 Å². The summed E-state index contributed by atoms with van der Waals surface area (Å²) in [6, 6.07) is 5.61. The largest absolute Gasteiger partial charge is 0.381 e. The summed E-state index contributed by atoms with van der Waals surface area (Å²) >= 11 is 14.8. The summed E-state index contributed by atoms with van der Waals surface area (Å²) in [4.78, 5) is 7.19. The van der Waals surface area contributed by atoms with Gasteiger partial charge in [0.1, 0.15) is 5.82 Å². The van der Waals surface area contributed by atoms with Crippen molar-refractivity contribution >= 4 is 52.1 Å². The van der Waals surface area contributed by atoms with E-state index in [0.29, 0.717) is 22.5 Å². The number of nitrogens with one attached hydrogen (secondary N) is 1. The zero-order chi connectivity index (χ0) is 21.3. The molecule has 0 amide bonds. The van der Waals surface area contributed by atoms with Crippen molar-refractivity contribution < 1.29 is 0 Å². The number of rotatable bonds is 6. The number of thioether (sulfide) groups is 1. The van der Waals surface area contributed by atoms with E-state index in [9.17, 15) is 0 Å². The molecule has 1 aliphatic heterocycles. The Bertz CT molecular complexity index is 1040. The molecule has 1 aliphatic rings. The van der Waals surface area contributed by atoms with E-state index in [4.69, 9.17) is 33.9 Å². The fourth-order valence-electron chi connectivity index (χ4n) is 3.81. The van der Waals surface area contributed by atoms with Gasteiger partial charge in [-0.05, 0) is 18.1 Å². The summed E-state index contributed by atoms with van der Waals surface area (Å²) in [5, 5.41) is 4.84. The molecule has 1 aromatic carbocycles. The fraction of sp³-hybridized carbons (Fsp3) is 0.409. The van der Waals surface area contributed by atoms with Crippen LogP contribution in [0.15, 0.2) is 30.6 Å². The van der Waals surface area contributed by atoms with Crippen LogP contribution in [0.25, 0.3) is 16.8 Å². The van der Waals surface area contributed by atoms with Crippen molar-refractivity contribution in [1.29, 1.82) is 0 Å². The molecule has 3 heterocycles. The van der Waals surface area contributed by atoms with E-state index in [0.717, 1.165) is 65.0 Å². The molecule has 160 valence electrons. The summed E-state index contributed by atoms with van der Waals surface area (Å²) in [5.41, 5.74) is 11.1. The normalized spacial score (nSPS) is 14.7. The van der Waals surface area contributed by atoms with Crippen molar-refractivity contribution in [3.8, 4) is 11.1 Å². The lowest BCUT2D eigenvalue weighted by Crippen LogP contribution is -2.33. The SMILES string of the molecule is CC(C)CNc1c(CN)c(-c2ccc(Cl)cc2Cl)cn2c(N3CCSCC3)cnc12. The Balaban J connectivity index is 1.94. The molecule has 1 fully saturated rings. The molecule has 0 atom stereocenters. The highest BCUT2D eigenvalue weighted by Crippen LogP contribution is 2.38. The highest BCUT2D eigenvalue weighted by Gasteiger charge is 2.22. The summed E-state index contributed by atoms with van der Waals surface area (Å²) in [6.45, 7) is 7.63. The minimum Gasteiger partial charge on any atom is -0.381 e. The number of fused-ring (bicyclic) bond motifs is 1. The molecular weight excluding hydrogens is 437 g/mol. The number of pyridine rings is 1. The number of imidazole rings is 1. The minimum absolute atomic E-state index is 0.383. The molecule has 3 N–H and O–H groups in total. The second kappa shape index (κ2) is 9.27. The van der Waals surface area contributed by atoms with Crippen molar-refractivity contribution in [2.75, 3.05) is 41.4 Å². The number of aromatic nitrogens is 2. The molecule has 0 bridgehead atoms. The van der Waals surface area contributed by atoms with E-state index in [1.807, 2.05) is 30.1 Å². The summed E-state index contributed by atoms with van der Waals surface area (Å²) in [5.74, 6) is 3.85. The second-order valence-corrected chi connectivity index (χ2v) is 9.98. The van der Waals surface area contributed by atoms with Gasteiger partial charge in [0.2, 0.25) is 0 Å². The molecule has 8 heteroatoms. The van der Waals surface area contributed by atoms with Gasteiger partial charge in [-0.1, -0.05) is 43.1 Å². The molecule has 0 spiro atoms. The molecule has 0 radical (unpaired) electrons. The van der Waals surface area contributed by atoms with Crippen molar-refractivity contribution in [3.05, 3.63) is 46.2 Å². The Kier molecular flexibility index (Phi) is 6.68. The van der Waals surface area contributed by atoms with Gasteiger partial charge in [0.25, 0.3) is 0 Å². The maximum Gasteiger partial charge on any atom is 0.162 e. The molecule has 4 rings (SSSR count). The van der Waals surface area contributed by atoms with Crippen molar-refractivity contribution in [1.82, 2.24) is 9.38 Å². The van der Waals surface area contributed by atoms with Crippen LogP contribution in [0.2, 0.25) is 10.0 Å². The van der Waals surface area contributed by atoms with Crippen LogP contribution in [-0.4, -0.2) is 40.5 Å². The maximum absolute atomic E-state index is 6.60. The molecule has 1 saturated heterocycles. The van der Waals surface area contributed by atoms with E-state index in [1.165, 1.54) is 0 Å². The van der Waals surface area contributed by atoms with Gasteiger partial charge in [0.15, 0.2) is 5.65 Å². The van der Waals surface area contributed by atoms with Gasteiger partial charge in [-0.2, -0.15) is 11.8 Å². The van der Waals surface area contributed by atoms with E-state index in [1.54, 1.807) is 6.07 Å². The van der Waals surface area contributed by atoms with Gasteiger partial charge in [-0.15, -0.1) is 0 Å². The van der Waals surface area contributed by atoms with Crippen LogP contribution in [0.3, 0.4) is 0 Å². The molecule has 0 aliphatic carbocycles. The Morgan fingerprint density at radius 1 is 1.20 bits per heavy atom. The first-order chi connectivity index (χ1) is 14.5. The lowest BCUT2D eigenvalue weighted by atomic mass is 10.00. The molecule has 0 saturated carbocycles. The fourth-order valence-corrected chi connectivity index (χ4v) is 5.22. The van der Waals surface area contributed by atoms with Crippen LogP contribution in [0.4, 0.5) is 11.5 Å². The van der Waals surface area contributed by atoms with Crippen molar-refractivity contribution in [2.24, 2.45) is 11.7 Å². The number of hydrogen-bond acceptors (Lipinski definition) is 5. The van der Waals surface area contributed by atoms with Gasteiger partial charge >= 0.3 is 0 Å². The quantitative estimate of drug-likeness (QED) is 0.513. The number of nitrogens with zero attached hydrogens (tertiary/aromatic N) is 3. The number of anilines is 2. The summed E-state index contributed by atoms with van der Waals surface area (Å²) in [6.07, 6.45) is 4.09. The third-order valence-corrected chi connectivity index (χ3v) is 6.82. The summed E-state index contributed by atoms with van der Waals surface area (Å²) in [7, 11) is 0. The van der Waals surface area contributed by atoms with E-state index in [-0.39, 0.29) is 0 Å². The van der Waals surface area contributed by atoms with E-state index >= 15 is 0 Å². The van der Waals surface area contributed by atoms with Gasteiger partial charge < -0.3 is 16.0 Å². The van der Waals surface area contributed by atoms with Crippen LogP contribution in [-0.2, 0) is 6.54 Å². The lowest BCUT2D eigenvalue weighted by Gasteiger charge is -2.28. The first kappa shape index (κ1) is 21.6. The maximum atomic E-state index is 6.60. The van der Waals surface area contributed by atoms with Gasteiger partial charge in [0, 0.05) is 70.6 Å². The average molecular weight is 464 g/mol. The van der Waals surface area contributed by atoms with Crippen LogP contribution in [0, 0.1) is 5.92 Å². The van der Waals surface area contributed by atoms with Gasteiger partial charge in [-0.25, -0.2) is 4.98 Å². The molecule has 5 nitrogen and oxygen atoms in total. The zero-order valence-corrected chi connectivity index (χ0v) is 19.6. The van der Waals surface area contributed by atoms with Gasteiger partial charge in [-0.3, -0.25) is 4.40 Å². The smallest absolute Gasteiger partial charge is 0.162 e. The monoisotopic (exact) mass is 463 g/mol. The molecule has 0 unspecified atom stereocenters. The number of halogens is 2. The van der Waals surface area contributed by atoms with Crippen molar-refractivity contribution in [3.63, 3.8) is 0 Å². The number of nitrogens with two attached hydrogens (primary N) is 1. The average Bonchev–Trinajstić information content (AvgIpc) is 3.15. The lowest BCUT2D eigenvalue weighted by molar-refractivity contribution is 0.688.